The predicted octanol–water partition coefficient (Wildman–Crippen LogP) is 2.57. The van der Waals surface area contributed by atoms with Crippen molar-refractivity contribution in [3.63, 3.8) is 0 Å². The third-order valence-electron chi connectivity index (χ3n) is 2.70. The number of amides is 1. The molecule has 1 atom stereocenters. The summed E-state index contributed by atoms with van der Waals surface area (Å²) >= 11 is 4.97. The molecule has 0 aliphatic rings. The van der Waals surface area contributed by atoms with E-state index in [1.165, 1.54) is 0 Å². The molecule has 6 heteroatoms. The standard InChI is InChI=1S/C13H20BrN3OS/c1-9(2)17-13(3,12(15)18)6-7-19-11-5-4-10(14)8-16-11/h4-5,8-9,17H,6-7H2,1-3H3,(H2,15,18). The van der Waals surface area contributed by atoms with E-state index < -0.39 is 5.54 Å². The molecule has 0 spiro atoms. The first-order valence-corrected chi connectivity index (χ1v) is 7.93. The lowest BCUT2D eigenvalue weighted by Crippen LogP contribution is -2.55. The van der Waals surface area contributed by atoms with Crippen LogP contribution in [0.5, 0.6) is 0 Å². The maximum absolute atomic E-state index is 11.6. The van der Waals surface area contributed by atoms with Crippen molar-refractivity contribution >= 4 is 33.6 Å². The first-order valence-electron chi connectivity index (χ1n) is 6.15. The van der Waals surface area contributed by atoms with Crippen molar-refractivity contribution < 1.29 is 4.79 Å². The number of thioether (sulfide) groups is 1. The number of nitrogens with two attached hydrogens (primary N) is 1. The summed E-state index contributed by atoms with van der Waals surface area (Å²) in [6.45, 7) is 5.86. The molecule has 1 amide bonds. The van der Waals surface area contributed by atoms with Crippen molar-refractivity contribution in [2.45, 2.75) is 43.8 Å². The molecule has 1 aromatic rings. The average Bonchev–Trinajstić information content (AvgIpc) is 2.30. The highest BCUT2D eigenvalue weighted by Gasteiger charge is 2.30. The van der Waals surface area contributed by atoms with Gasteiger partial charge in [0.1, 0.15) is 0 Å². The minimum absolute atomic E-state index is 0.216. The van der Waals surface area contributed by atoms with E-state index in [0.717, 1.165) is 15.3 Å². The number of halogens is 1. The summed E-state index contributed by atoms with van der Waals surface area (Å²) in [7, 11) is 0. The Kier molecular flexibility index (Phi) is 6.29. The highest BCUT2D eigenvalue weighted by molar-refractivity contribution is 9.10. The number of pyridine rings is 1. The fourth-order valence-corrected chi connectivity index (χ4v) is 2.96. The third kappa shape index (κ3) is 5.50. The number of rotatable bonds is 7. The number of hydrogen-bond acceptors (Lipinski definition) is 4. The number of aromatic nitrogens is 1. The van der Waals surface area contributed by atoms with E-state index in [-0.39, 0.29) is 11.9 Å². The molecule has 0 aliphatic carbocycles. The maximum Gasteiger partial charge on any atom is 0.237 e. The summed E-state index contributed by atoms with van der Waals surface area (Å²) in [4.78, 5) is 15.9. The zero-order chi connectivity index (χ0) is 14.5. The van der Waals surface area contributed by atoms with Crippen LogP contribution in [0.3, 0.4) is 0 Å². The molecule has 1 rings (SSSR count). The van der Waals surface area contributed by atoms with Gasteiger partial charge in [0.25, 0.3) is 0 Å². The molecule has 0 saturated carbocycles. The van der Waals surface area contributed by atoms with E-state index in [1.54, 1.807) is 18.0 Å². The zero-order valence-electron chi connectivity index (χ0n) is 11.4. The lowest BCUT2D eigenvalue weighted by molar-refractivity contribution is -0.124. The molecule has 0 aromatic carbocycles. The number of carbonyl (C=O) groups is 1. The molecule has 1 aromatic heterocycles. The van der Waals surface area contributed by atoms with Crippen LogP contribution >= 0.6 is 27.7 Å². The highest BCUT2D eigenvalue weighted by Crippen LogP contribution is 2.21. The van der Waals surface area contributed by atoms with Crippen LogP contribution in [0.15, 0.2) is 27.8 Å². The van der Waals surface area contributed by atoms with Crippen molar-refractivity contribution in [1.82, 2.24) is 10.3 Å². The largest absolute Gasteiger partial charge is 0.368 e. The molecule has 1 unspecified atom stereocenters. The molecule has 4 nitrogen and oxygen atoms in total. The van der Waals surface area contributed by atoms with Crippen molar-refractivity contribution in [2.75, 3.05) is 5.75 Å². The molecule has 106 valence electrons. The van der Waals surface area contributed by atoms with Gasteiger partial charge in [0.05, 0.1) is 10.6 Å². The molecule has 0 radical (unpaired) electrons. The van der Waals surface area contributed by atoms with Gasteiger partial charge in [0.15, 0.2) is 0 Å². The van der Waals surface area contributed by atoms with Gasteiger partial charge in [0, 0.05) is 22.5 Å². The fraction of sp³-hybridized carbons (Fsp3) is 0.538. The quantitative estimate of drug-likeness (QED) is 0.745. The van der Waals surface area contributed by atoms with Crippen molar-refractivity contribution in [3.05, 3.63) is 22.8 Å². The first kappa shape index (κ1) is 16.5. The number of primary amides is 1. The topological polar surface area (TPSA) is 68.0 Å². The summed E-state index contributed by atoms with van der Waals surface area (Å²) in [5.74, 6) is 0.471. The Hall–Kier alpha value is -0.590. The van der Waals surface area contributed by atoms with Crippen LogP contribution in [0.4, 0.5) is 0 Å². The van der Waals surface area contributed by atoms with Gasteiger partial charge in [-0.3, -0.25) is 4.79 Å². The van der Waals surface area contributed by atoms with Gasteiger partial charge in [-0.15, -0.1) is 11.8 Å². The molecule has 0 fully saturated rings. The Bertz CT molecular complexity index is 424. The minimum atomic E-state index is -0.670. The summed E-state index contributed by atoms with van der Waals surface area (Å²) in [5.41, 5.74) is 4.82. The molecule has 0 saturated heterocycles. The van der Waals surface area contributed by atoms with Crippen LogP contribution in [0.2, 0.25) is 0 Å². The van der Waals surface area contributed by atoms with E-state index in [1.807, 2.05) is 32.9 Å². The minimum Gasteiger partial charge on any atom is -0.368 e. The molecule has 1 heterocycles. The fourth-order valence-electron chi connectivity index (χ4n) is 1.71. The van der Waals surface area contributed by atoms with Gasteiger partial charge < -0.3 is 11.1 Å². The van der Waals surface area contributed by atoms with Gasteiger partial charge >= 0.3 is 0 Å². The summed E-state index contributed by atoms with van der Waals surface area (Å²) in [6, 6.07) is 4.12. The lowest BCUT2D eigenvalue weighted by Gasteiger charge is -2.29. The van der Waals surface area contributed by atoms with E-state index in [2.05, 4.69) is 26.2 Å². The van der Waals surface area contributed by atoms with Crippen LogP contribution in [0, 0.1) is 0 Å². The lowest BCUT2D eigenvalue weighted by atomic mass is 9.97. The number of carbonyl (C=O) groups excluding carboxylic acids is 1. The Morgan fingerprint density at radius 3 is 2.74 bits per heavy atom. The van der Waals surface area contributed by atoms with E-state index >= 15 is 0 Å². The molecular weight excluding hydrogens is 326 g/mol. The summed E-state index contributed by atoms with van der Waals surface area (Å²) in [6.07, 6.45) is 2.44. The van der Waals surface area contributed by atoms with Crippen molar-refractivity contribution in [2.24, 2.45) is 5.73 Å². The van der Waals surface area contributed by atoms with Crippen LogP contribution in [0.1, 0.15) is 27.2 Å². The Balaban J connectivity index is 2.53. The van der Waals surface area contributed by atoms with Gasteiger partial charge in [-0.05, 0) is 55.3 Å². The SMILES string of the molecule is CC(C)NC(C)(CCSc1ccc(Br)cn1)C(N)=O. The molecule has 19 heavy (non-hydrogen) atoms. The van der Waals surface area contributed by atoms with Crippen LogP contribution in [-0.4, -0.2) is 28.2 Å². The predicted molar refractivity (Wildman–Crippen MR) is 83.1 cm³/mol. The zero-order valence-corrected chi connectivity index (χ0v) is 13.8. The van der Waals surface area contributed by atoms with Gasteiger partial charge in [-0.1, -0.05) is 0 Å². The molecule has 0 aliphatic heterocycles. The number of nitrogens with zero attached hydrogens (tertiary/aromatic N) is 1. The maximum atomic E-state index is 11.6. The van der Waals surface area contributed by atoms with Crippen LogP contribution in [0.25, 0.3) is 0 Å². The summed E-state index contributed by atoms with van der Waals surface area (Å²) < 4.78 is 0.959. The third-order valence-corrected chi connectivity index (χ3v) is 4.12. The second-order valence-electron chi connectivity index (χ2n) is 4.91. The monoisotopic (exact) mass is 345 g/mol. The first-order chi connectivity index (χ1) is 8.83. The smallest absolute Gasteiger partial charge is 0.237 e. The van der Waals surface area contributed by atoms with Crippen molar-refractivity contribution in [3.8, 4) is 0 Å². The Morgan fingerprint density at radius 2 is 2.26 bits per heavy atom. The Morgan fingerprint density at radius 1 is 1.58 bits per heavy atom. The molecule has 0 bridgehead atoms. The highest BCUT2D eigenvalue weighted by atomic mass is 79.9. The average molecular weight is 346 g/mol. The number of hydrogen-bond donors (Lipinski definition) is 2. The van der Waals surface area contributed by atoms with E-state index in [0.29, 0.717) is 6.42 Å². The van der Waals surface area contributed by atoms with Gasteiger partial charge in [-0.2, -0.15) is 0 Å². The van der Waals surface area contributed by atoms with Crippen LogP contribution < -0.4 is 11.1 Å². The number of nitrogens with one attached hydrogen (secondary N) is 1. The molecule has 3 N–H and O–H groups in total. The van der Waals surface area contributed by atoms with Gasteiger partial charge in [0.2, 0.25) is 5.91 Å². The van der Waals surface area contributed by atoms with Gasteiger partial charge in [-0.25, -0.2) is 4.98 Å². The molecular formula is C13H20BrN3OS. The van der Waals surface area contributed by atoms with E-state index in [9.17, 15) is 4.79 Å². The van der Waals surface area contributed by atoms with Crippen LogP contribution in [-0.2, 0) is 4.79 Å². The Labute approximate surface area is 127 Å². The second kappa shape index (κ2) is 7.26. The van der Waals surface area contributed by atoms with E-state index in [4.69, 9.17) is 5.73 Å². The van der Waals surface area contributed by atoms with Crippen molar-refractivity contribution in [1.29, 1.82) is 0 Å². The summed E-state index contributed by atoms with van der Waals surface area (Å²) in [5, 5.41) is 4.18. The normalized spacial score (nSPS) is 14.4. The second-order valence-corrected chi connectivity index (χ2v) is 6.94.